The van der Waals surface area contributed by atoms with Crippen molar-refractivity contribution in [2.24, 2.45) is 5.92 Å². The Morgan fingerprint density at radius 2 is 2.35 bits per heavy atom. The summed E-state index contributed by atoms with van der Waals surface area (Å²) in [5, 5.41) is 3.23. The van der Waals surface area contributed by atoms with Crippen LogP contribution in [0.25, 0.3) is 0 Å². The Bertz CT molecular complexity index is 391. The van der Waals surface area contributed by atoms with Crippen LogP contribution >= 0.6 is 34.2 Å². The summed E-state index contributed by atoms with van der Waals surface area (Å²) in [6.07, 6.45) is 4.69. The van der Waals surface area contributed by atoms with Gasteiger partial charge in [-0.25, -0.2) is 4.98 Å². The zero-order chi connectivity index (χ0) is 12.7. The van der Waals surface area contributed by atoms with Crippen molar-refractivity contribution in [2.45, 2.75) is 26.2 Å². The van der Waals surface area contributed by atoms with Gasteiger partial charge in [0.25, 0.3) is 5.56 Å². The highest BCUT2D eigenvalue weighted by molar-refractivity contribution is 14.1. The number of halogens is 2. The number of nitrogens with one attached hydrogen (secondary N) is 2. The molecule has 0 saturated carbocycles. The van der Waals surface area contributed by atoms with Crippen molar-refractivity contribution >= 4 is 40.0 Å². The second-order valence-corrected chi connectivity index (χ2v) is 5.36. The molecule has 1 unspecified atom stereocenters. The molecule has 0 spiro atoms. The number of H-pyrrole nitrogens is 1. The van der Waals surface area contributed by atoms with Crippen LogP contribution in [0, 0.1) is 9.49 Å². The Kier molecular flexibility index (Phi) is 6.87. The van der Waals surface area contributed by atoms with Crippen LogP contribution in [0.3, 0.4) is 0 Å². The number of alkyl halides is 1. The molecule has 0 saturated heterocycles. The lowest BCUT2D eigenvalue weighted by Crippen LogP contribution is -2.19. The molecule has 1 rings (SSSR count). The van der Waals surface area contributed by atoms with Gasteiger partial charge >= 0.3 is 0 Å². The van der Waals surface area contributed by atoms with Gasteiger partial charge in [-0.1, -0.05) is 13.3 Å². The molecule has 6 heteroatoms. The molecule has 0 bridgehead atoms. The Morgan fingerprint density at radius 1 is 1.59 bits per heavy atom. The molecule has 1 atom stereocenters. The molecule has 0 aliphatic carbocycles. The third-order valence-corrected chi connectivity index (χ3v) is 3.79. The van der Waals surface area contributed by atoms with E-state index in [0.29, 0.717) is 21.2 Å². The molecular formula is C11H17ClIN3O. The lowest BCUT2D eigenvalue weighted by molar-refractivity contribution is 0.489. The number of anilines is 1. The van der Waals surface area contributed by atoms with Crippen LogP contribution in [0.1, 0.15) is 26.2 Å². The normalized spacial score (nSPS) is 12.4. The fourth-order valence-corrected chi connectivity index (χ4v) is 2.45. The van der Waals surface area contributed by atoms with Crippen LogP contribution in [0.2, 0.25) is 0 Å². The monoisotopic (exact) mass is 369 g/mol. The third-order valence-electron chi connectivity index (χ3n) is 2.57. The maximum atomic E-state index is 11.4. The summed E-state index contributed by atoms with van der Waals surface area (Å²) in [7, 11) is 0. The second-order valence-electron chi connectivity index (χ2n) is 3.91. The van der Waals surface area contributed by atoms with Gasteiger partial charge in [0.15, 0.2) is 0 Å². The average molecular weight is 370 g/mol. The Hall–Kier alpha value is -0.300. The predicted molar refractivity (Wildman–Crippen MR) is 79.8 cm³/mol. The van der Waals surface area contributed by atoms with Crippen LogP contribution in [0.4, 0.5) is 5.82 Å². The van der Waals surface area contributed by atoms with Gasteiger partial charge in [-0.3, -0.25) is 4.79 Å². The Labute approximate surface area is 120 Å². The number of hydrogen-bond donors (Lipinski definition) is 2. The van der Waals surface area contributed by atoms with Crippen LogP contribution < -0.4 is 10.9 Å². The number of hydrogen-bond acceptors (Lipinski definition) is 3. The minimum Gasteiger partial charge on any atom is -0.369 e. The van der Waals surface area contributed by atoms with E-state index < -0.39 is 0 Å². The van der Waals surface area contributed by atoms with E-state index >= 15 is 0 Å². The van der Waals surface area contributed by atoms with Crippen LogP contribution in [-0.2, 0) is 0 Å². The van der Waals surface area contributed by atoms with E-state index in [0.717, 1.165) is 25.8 Å². The summed E-state index contributed by atoms with van der Waals surface area (Å²) in [5.74, 6) is 1.87. The van der Waals surface area contributed by atoms with Gasteiger partial charge in [0.1, 0.15) is 9.39 Å². The molecule has 17 heavy (non-hydrogen) atoms. The maximum absolute atomic E-state index is 11.4. The smallest absolute Gasteiger partial charge is 0.266 e. The molecule has 1 heterocycles. The highest BCUT2D eigenvalue weighted by atomic mass is 127. The van der Waals surface area contributed by atoms with E-state index in [1.807, 2.05) is 22.6 Å². The molecule has 0 fully saturated rings. The first-order valence-corrected chi connectivity index (χ1v) is 7.33. The molecule has 1 aromatic rings. The predicted octanol–water partition coefficient (Wildman–Crippen LogP) is 2.83. The summed E-state index contributed by atoms with van der Waals surface area (Å²) in [6.45, 7) is 2.98. The van der Waals surface area contributed by atoms with Crippen molar-refractivity contribution in [3.8, 4) is 0 Å². The zero-order valence-corrected chi connectivity index (χ0v) is 12.7. The zero-order valence-electron chi connectivity index (χ0n) is 9.80. The van der Waals surface area contributed by atoms with Crippen molar-refractivity contribution in [2.75, 3.05) is 17.7 Å². The Balaban J connectivity index is 2.58. The topological polar surface area (TPSA) is 57.8 Å². The quantitative estimate of drug-likeness (QED) is 0.574. The van der Waals surface area contributed by atoms with Gasteiger partial charge in [0, 0.05) is 12.4 Å². The molecule has 1 aromatic heterocycles. The SMILES string of the molecule is CCCC(CCCl)CNc1nc[nH]c(=O)c1I. The van der Waals surface area contributed by atoms with Gasteiger partial charge in [0.2, 0.25) is 0 Å². The fourth-order valence-electron chi connectivity index (χ4n) is 1.66. The van der Waals surface area contributed by atoms with Gasteiger partial charge in [-0.15, -0.1) is 11.6 Å². The van der Waals surface area contributed by atoms with Crippen molar-refractivity contribution in [1.29, 1.82) is 0 Å². The van der Waals surface area contributed by atoms with E-state index in [-0.39, 0.29) is 5.56 Å². The highest BCUT2D eigenvalue weighted by Crippen LogP contribution is 2.15. The van der Waals surface area contributed by atoms with E-state index in [1.165, 1.54) is 6.33 Å². The van der Waals surface area contributed by atoms with Crippen molar-refractivity contribution < 1.29 is 0 Å². The van der Waals surface area contributed by atoms with Gasteiger partial charge in [0.05, 0.1) is 6.33 Å². The van der Waals surface area contributed by atoms with Crippen LogP contribution in [-0.4, -0.2) is 22.4 Å². The lowest BCUT2D eigenvalue weighted by Gasteiger charge is -2.16. The van der Waals surface area contributed by atoms with Crippen molar-refractivity contribution in [3.05, 3.63) is 20.3 Å². The molecule has 0 amide bonds. The Morgan fingerprint density at radius 3 is 3.00 bits per heavy atom. The molecule has 4 nitrogen and oxygen atoms in total. The summed E-state index contributed by atoms with van der Waals surface area (Å²) < 4.78 is 0.603. The largest absolute Gasteiger partial charge is 0.369 e. The molecular weight excluding hydrogens is 352 g/mol. The molecule has 0 aromatic carbocycles. The first-order valence-electron chi connectivity index (χ1n) is 5.72. The van der Waals surface area contributed by atoms with Crippen LogP contribution in [0.15, 0.2) is 11.1 Å². The van der Waals surface area contributed by atoms with Crippen molar-refractivity contribution in [1.82, 2.24) is 9.97 Å². The first kappa shape index (κ1) is 14.8. The van der Waals surface area contributed by atoms with Crippen LogP contribution in [0.5, 0.6) is 0 Å². The fraction of sp³-hybridized carbons (Fsp3) is 0.636. The number of rotatable bonds is 7. The minimum atomic E-state index is -0.104. The standard InChI is InChI=1S/C11H17ClIN3O/c1-2-3-8(4-5-12)6-14-10-9(13)11(17)16-7-15-10/h7-8H,2-6H2,1H3,(H2,14,15,16,17). The first-order chi connectivity index (χ1) is 8.19. The molecule has 96 valence electrons. The van der Waals surface area contributed by atoms with Crippen molar-refractivity contribution in [3.63, 3.8) is 0 Å². The lowest BCUT2D eigenvalue weighted by atomic mass is 10.0. The van der Waals surface area contributed by atoms with E-state index in [2.05, 4.69) is 22.2 Å². The van der Waals surface area contributed by atoms with Gasteiger partial charge in [-0.05, 0) is 41.4 Å². The van der Waals surface area contributed by atoms with E-state index in [4.69, 9.17) is 11.6 Å². The molecule has 0 aliphatic heterocycles. The second kappa shape index (κ2) is 7.92. The van der Waals surface area contributed by atoms with Gasteiger partial charge < -0.3 is 10.3 Å². The summed E-state index contributed by atoms with van der Waals surface area (Å²) >= 11 is 7.77. The number of aromatic nitrogens is 2. The van der Waals surface area contributed by atoms with E-state index in [9.17, 15) is 4.79 Å². The number of nitrogens with zero attached hydrogens (tertiary/aromatic N) is 1. The molecule has 0 radical (unpaired) electrons. The number of aromatic amines is 1. The average Bonchev–Trinajstić information content (AvgIpc) is 2.31. The third kappa shape index (κ3) is 4.83. The highest BCUT2D eigenvalue weighted by Gasteiger charge is 2.09. The summed E-state index contributed by atoms with van der Waals surface area (Å²) in [5.41, 5.74) is -0.104. The summed E-state index contributed by atoms with van der Waals surface area (Å²) in [4.78, 5) is 18.0. The summed E-state index contributed by atoms with van der Waals surface area (Å²) in [6, 6.07) is 0. The van der Waals surface area contributed by atoms with E-state index in [1.54, 1.807) is 0 Å². The molecule has 2 N–H and O–H groups in total. The van der Waals surface area contributed by atoms with Gasteiger partial charge in [-0.2, -0.15) is 0 Å². The molecule has 0 aliphatic rings. The minimum absolute atomic E-state index is 0.104. The maximum Gasteiger partial charge on any atom is 0.266 e.